The van der Waals surface area contributed by atoms with E-state index in [4.69, 9.17) is 5.11 Å². The number of aliphatic hydroxyl groups excluding tert-OH is 1. The lowest BCUT2D eigenvalue weighted by molar-refractivity contribution is -0.958. The van der Waals surface area contributed by atoms with Crippen molar-refractivity contribution in [2.45, 2.75) is 43.9 Å². The van der Waals surface area contributed by atoms with Gasteiger partial charge in [-0.2, -0.15) is 13.2 Å². The molecule has 0 saturated carbocycles. The van der Waals surface area contributed by atoms with E-state index in [0.717, 1.165) is 25.7 Å². The van der Waals surface area contributed by atoms with Crippen molar-refractivity contribution in [3.05, 3.63) is 0 Å². The molecule has 2 aliphatic rings. The zero-order chi connectivity index (χ0) is 12.0. The average Bonchev–Trinajstić information content (AvgIpc) is 2.39. The van der Waals surface area contributed by atoms with Crippen molar-refractivity contribution in [1.82, 2.24) is 0 Å². The molecule has 2 fully saturated rings. The van der Waals surface area contributed by atoms with Crippen LogP contribution < -0.4 is 0 Å². The van der Waals surface area contributed by atoms with E-state index in [2.05, 4.69) is 0 Å². The van der Waals surface area contributed by atoms with E-state index >= 15 is 0 Å². The molecule has 0 spiro atoms. The molecule has 0 aliphatic carbocycles. The van der Waals surface area contributed by atoms with Crippen LogP contribution in [0.25, 0.3) is 0 Å². The highest BCUT2D eigenvalue weighted by atomic mass is 19.4. The zero-order valence-corrected chi connectivity index (χ0v) is 9.50. The van der Waals surface area contributed by atoms with Gasteiger partial charge in [0.1, 0.15) is 0 Å². The Balaban J connectivity index is 2.12. The van der Waals surface area contributed by atoms with Gasteiger partial charge in [-0.15, -0.1) is 0 Å². The molecule has 16 heavy (non-hydrogen) atoms. The first-order valence-electron chi connectivity index (χ1n) is 5.87. The standard InChI is InChI=1S/C11H19F3NO/c1-15(7-11(12,13)14)9-2-3-10(15)5-8(4-9)6-16/h8-10,16H,2-7H2,1H3/q+1/t8-,9-,10+,15-. The Hall–Kier alpha value is -0.290. The Morgan fingerprint density at radius 3 is 2.06 bits per heavy atom. The van der Waals surface area contributed by atoms with Crippen LogP contribution in [0.2, 0.25) is 0 Å². The molecule has 0 radical (unpaired) electrons. The smallest absolute Gasteiger partial charge is 0.396 e. The fraction of sp³-hybridized carbons (Fsp3) is 1.00. The predicted molar refractivity (Wildman–Crippen MR) is 53.7 cm³/mol. The number of piperidine rings is 1. The van der Waals surface area contributed by atoms with Crippen LogP contribution in [0.1, 0.15) is 25.7 Å². The van der Waals surface area contributed by atoms with Gasteiger partial charge in [-0.3, -0.25) is 0 Å². The second-order valence-corrected chi connectivity index (χ2v) is 5.53. The molecule has 5 heteroatoms. The summed E-state index contributed by atoms with van der Waals surface area (Å²) in [5.41, 5.74) is 0. The first kappa shape index (κ1) is 12.2. The van der Waals surface area contributed by atoms with Crippen molar-refractivity contribution in [2.75, 3.05) is 20.2 Å². The minimum absolute atomic E-state index is 0.0949. The van der Waals surface area contributed by atoms with Gasteiger partial charge in [-0.25, -0.2) is 0 Å². The van der Waals surface area contributed by atoms with E-state index in [9.17, 15) is 13.2 Å². The maximum Gasteiger partial charge on any atom is 0.438 e. The summed E-state index contributed by atoms with van der Waals surface area (Å²) >= 11 is 0. The molecule has 2 aliphatic heterocycles. The molecule has 2 nitrogen and oxygen atoms in total. The maximum absolute atomic E-state index is 12.6. The van der Waals surface area contributed by atoms with Crippen LogP contribution in [-0.4, -0.2) is 48.0 Å². The molecule has 0 aromatic rings. The van der Waals surface area contributed by atoms with Gasteiger partial charge in [0.05, 0.1) is 19.1 Å². The van der Waals surface area contributed by atoms with Gasteiger partial charge >= 0.3 is 6.18 Å². The van der Waals surface area contributed by atoms with Gasteiger partial charge in [0, 0.05) is 32.3 Å². The lowest BCUT2D eigenvalue weighted by Crippen LogP contribution is -2.61. The Labute approximate surface area is 93.6 Å². The fourth-order valence-corrected chi connectivity index (χ4v) is 3.65. The summed E-state index contributed by atoms with van der Waals surface area (Å²) in [6, 6.07) is 0.190. The second-order valence-electron chi connectivity index (χ2n) is 5.53. The SMILES string of the molecule is C[N@@+]1(CC(F)(F)F)[C@@H]2CC[C@H]1C[C@H](CO)C2. The molecule has 94 valence electrons. The first-order chi connectivity index (χ1) is 7.35. The number of hydrogen-bond donors (Lipinski definition) is 1. The number of halogens is 3. The van der Waals surface area contributed by atoms with E-state index in [-0.39, 0.29) is 29.1 Å². The van der Waals surface area contributed by atoms with Gasteiger partial charge in [-0.05, 0) is 5.92 Å². The Bertz CT molecular complexity index is 252. The Morgan fingerprint density at radius 1 is 1.19 bits per heavy atom. The number of hydrogen-bond acceptors (Lipinski definition) is 1. The summed E-state index contributed by atoms with van der Waals surface area (Å²) in [6.45, 7) is -0.584. The molecule has 4 atom stereocenters. The third kappa shape index (κ3) is 2.07. The van der Waals surface area contributed by atoms with Gasteiger partial charge in [0.2, 0.25) is 0 Å². The van der Waals surface area contributed by atoms with E-state index < -0.39 is 12.7 Å². The molecular weight excluding hydrogens is 219 g/mol. The van der Waals surface area contributed by atoms with E-state index in [1.165, 1.54) is 0 Å². The third-order valence-electron chi connectivity index (χ3n) is 4.49. The second kappa shape index (κ2) is 3.88. The Kier molecular flexibility index (Phi) is 2.95. The van der Waals surface area contributed by atoms with Crippen LogP contribution >= 0.6 is 0 Å². The number of quaternary nitrogens is 1. The molecule has 1 N–H and O–H groups in total. The maximum atomic E-state index is 12.6. The first-order valence-corrected chi connectivity index (χ1v) is 5.87. The van der Waals surface area contributed by atoms with Gasteiger partial charge in [-0.1, -0.05) is 0 Å². The van der Waals surface area contributed by atoms with Crippen molar-refractivity contribution in [3.63, 3.8) is 0 Å². The molecule has 0 amide bonds. The van der Waals surface area contributed by atoms with Crippen molar-refractivity contribution >= 4 is 0 Å². The van der Waals surface area contributed by atoms with Crippen molar-refractivity contribution < 1.29 is 22.8 Å². The van der Waals surface area contributed by atoms with Crippen molar-refractivity contribution in [3.8, 4) is 0 Å². The summed E-state index contributed by atoms with van der Waals surface area (Å²) in [5, 5.41) is 9.13. The highest BCUT2D eigenvalue weighted by Gasteiger charge is 2.55. The normalized spacial score (nSPS) is 43.7. The van der Waals surface area contributed by atoms with Gasteiger partial charge < -0.3 is 9.59 Å². The molecular formula is C11H19F3NO+. The molecule has 2 bridgehead atoms. The third-order valence-corrected chi connectivity index (χ3v) is 4.49. The molecule has 0 unspecified atom stereocenters. The Morgan fingerprint density at radius 2 is 1.69 bits per heavy atom. The fourth-order valence-electron chi connectivity index (χ4n) is 3.65. The van der Waals surface area contributed by atoms with Crippen LogP contribution in [-0.2, 0) is 0 Å². The number of rotatable bonds is 2. The van der Waals surface area contributed by atoms with E-state index in [0.29, 0.717) is 0 Å². The van der Waals surface area contributed by atoms with E-state index in [1.54, 1.807) is 7.05 Å². The summed E-state index contributed by atoms with van der Waals surface area (Å²) < 4.78 is 37.9. The summed E-state index contributed by atoms with van der Waals surface area (Å²) in [4.78, 5) is 0. The summed E-state index contributed by atoms with van der Waals surface area (Å²) in [7, 11) is 1.74. The number of fused-ring (bicyclic) bond motifs is 2. The highest BCUT2D eigenvalue weighted by molar-refractivity contribution is 4.86. The van der Waals surface area contributed by atoms with Crippen LogP contribution in [0.3, 0.4) is 0 Å². The lowest BCUT2D eigenvalue weighted by atomic mass is 9.89. The zero-order valence-electron chi connectivity index (χ0n) is 9.50. The largest absolute Gasteiger partial charge is 0.438 e. The average molecular weight is 238 g/mol. The number of alkyl halides is 3. The monoisotopic (exact) mass is 238 g/mol. The predicted octanol–water partition coefficient (Wildman–Crippen LogP) is 1.93. The van der Waals surface area contributed by atoms with Crippen molar-refractivity contribution in [2.24, 2.45) is 5.92 Å². The van der Waals surface area contributed by atoms with Crippen molar-refractivity contribution in [1.29, 1.82) is 0 Å². The summed E-state index contributed by atoms with van der Waals surface area (Å²) in [6.07, 6.45) is -0.817. The minimum Gasteiger partial charge on any atom is -0.396 e. The highest BCUT2D eigenvalue weighted by Crippen LogP contribution is 2.45. The van der Waals surface area contributed by atoms with Crippen LogP contribution in [0.5, 0.6) is 0 Å². The minimum atomic E-state index is -4.08. The topological polar surface area (TPSA) is 20.2 Å². The molecule has 2 saturated heterocycles. The van der Waals surface area contributed by atoms with Crippen LogP contribution in [0, 0.1) is 5.92 Å². The van der Waals surface area contributed by atoms with Crippen LogP contribution in [0.15, 0.2) is 0 Å². The molecule has 2 rings (SSSR count). The number of nitrogens with zero attached hydrogens (tertiary/aromatic N) is 1. The van der Waals surface area contributed by atoms with Gasteiger partial charge in [0.25, 0.3) is 0 Å². The number of aliphatic hydroxyl groups is 1. The lowest BCUT2D eigenvalue weighted by Gasteiger charge is -2.47. The molecule has 0 aromatic carbocycles. The molecule has 2 heterocycles. The van der Waals surface area contributed by atoms with Gasteiger partial charge in [0.15, 0.2) is 6.54 Å². The van der Waals surface area contributed by atoms with E-state index in [1.807, 2.05) is 0 Å². The van der Waals surface area contributed by atoms with Crippen LogP contribution in [0.4, 0.5) is 13.2 Å². The summed E-state index contributed by atoms with van der Waals surface area (Å²) in [5.74, 6) is 0.219. The quantitative estimate of drug-likeness (QED) is 0.729. The molecule has 0 aromatic heterocycles.